The topological polar surface area (TPSA) is 63.0 Å². The highest BCUT2D eigenvalue weighted by atomic mass is 19.1. The summed E-state index contributed by atoms with van der Waals surface area (Å²) in [7, 11) is 0. The zero-order valence-corrected chi connectivity index (χ0v) is 14.1. The van der Waals surface area contributed by atoms with Gasteiger partial charge in [-0.15, -0.1) is 0 Å². The molecule has 4 rings (SSSR count). The van der Waals surface area contributed by atoms with Crippen molar-refractivity contribution in [3.8, 4) is 0 Å². The van der Waals surface area contributed by atoms with Crippen molar-refractivity contribution in [2.75, 3.05) is 5.32 Å². The lowest BCUT2D eigenvalue weighted by Crippen LogP contribution is -2.09. The molecule has 2 aromatic heterocycles. The first-order chi connectivity index (χ1) is 12.5. The fraction of sp³-hybridized carbons (Fsp3) is 0.316. The van der Waals surface area contributed by atoms with Gasteiger partial charge in [-0.2, -0.15) is 0 Å². The molecule has 135 valence electrons. The van der Waals surface area contributed by atoms with Crippen LogP contribution in [-0.2, 0) is 6.54 Å². The quantitative estimate of drug-likeness (QED) is 0.751. The Bertz CT molecular complexity index is 912. The minimum absolute atomic E-state index is 0.000846. The van der Waals surface area contributed by atoms with Crippen LogP contribution >= 0.6 is 0 Å². The van der Waals surface area contributed by atoms with Crippen LogP contribution in [0.1, 0.15) is 24.4 Å². The van der Waals surface area contributed by atoms with Crippen molar-refractivity contribution < 1.29 is 13.9 Å². The van der Waals surface area contributed by atoms with Gasteiger partial charge < -0.3 is 15.0 Å². The summed E-state index contributed by atoms with van der Waals surface area (Å²) in [5.41, 5.74) is 0.695. The highest BCUT2D eigenvalue weighted by Gasteiger charge is 2.31. The predicted octanol–water partition coefficient (Wildman–Crippen LogP) is 3.47. The molecule has 1 fully saturated rings. The molecule has 5 nitrogen and oxygen atoms in total. The molecule has 0 spiro atoms. The van der Waals surface area contributed by atoms with Gasteiger partial charge in [0.15, 0.2) is 0 Å². The van der Waals surface area contributed by atoms with Crippen molar-refractivity contribution in [1.29, 1.82) is 0 Å². The Morgan fingerprint density at radius 2 is 1.96 bits per heavy atom. The third-order valence-corrected chi connectivity index (χ3v) is 5.03. The first-order valence-corrected chi connectivity index (χ1v) is 8.54. The Balaban J connectivity index is 1.61. The van der Waals surface area contributed by atoms with E-state index in [1.165, 1.54) is 24.5 Å². The largest absolute Gasteiger partial charge is 0.393 e. The standard InChI is InChI=1S/C19H19F2N4O/c1-11-7-12(8-17(11)26)25-6-5-13-18(23-10-24-19(13)25)22-9-14-15(20)3-2-4-16(14)21/h2-6,10-12,17,26H,1,7-9H2,(H,22,23,24)/t11-,12+,17-/m0/s1. The molecule has 0 saturated heterocycles. The van der Waals surface area contributed by atoms with Crippen LogP contribution in [0.15, 0.2) is 36.8 Å². The molecular formula is C19H19F2N4O. The Hall–Kier alpha value is -2.54. The molecule has 1 aromatic carbocycles. The lowest BCUT2D eigenvalue weighted by Gasteiger charge is -2.13. The fourth-order valence-corrected chi connectivity index (χ4v) is 3.58. The zero-order chi connectivity index (χ0) is 18.3. The normalized spacial score (nSPS) is 22.8. The summed E-state index contributed by atoms with van der Waals surface area (Å²) >= 11 is 0. The van der Waals surface area contributed by atoms with Gasteiger partial charge in [0.05, 0.1) is 11.5 Å². The maximum atomic E-state index is 13.8. The summed E-state index contributed by atoms with van der Waals surface area (Å²) in [6.45, 7) is 3.96. The molecule has 3 atom stereocenters. The van der Waals surface area contributed by atoms with E-state index in [9.17, 15) is 13.9 Å². The number of benzene rings is 1. The van der Waals surface area contributed by atoms with Gasteiger partial charge in [-0.25, -0.2) is 18.7 Å². The summed E-state index contributed by atoms with van der Waals surface area (Å²) in [4.78, 5) is 8.56. The summed E-state index contributed by atoms with van der Waals surface area (Å²) in [6, 6.07) is 5.79. The van der Waals surface area contributed by atoms with E-state index in [0.29, 0.717) is 12.2 Å². The number of nitrogens with one attached hydrogen (secondary N) is 1. The van der Waals surface area contributed by atoms with Gasteiger partial charge in [0.25, 0.3) is 0 Å². The summed E-state index contributed by atoms with van der Waals surface area (Å²) in [6.07, 6.45) is 4.32. The second-order valence-corrected chi connectivity index (χ2v) is 6.69. The van der Waals surface area contributed by atoms with Crippen molar-refractivity contribution >= 4 is 16.9 Å². The fourth-order valence-electron chi connectivity index (χ4n) is 3.58. The van der Waals surface area contributed by atoms with Gasteiger partial charge in [0.1, 0.15) is 29.4 Å². The number of hydrogen-bond donors (Lipinski definition) is 2. The Morgan fingerprint density at radius 3 is 2.65 bits per heavy atom. The van der Waals surface area contributed by atoms with Crippen LogP contribution in [0.5, 0.6) is 0 Å². The molecule has 1 aliphatic carbocycles. The first-order valence-electron chi connectivity index (χ1n) is 8.54. The van der Waals surface area contributed by atoms with E-state index in [1.54, 1.807) is 0 Å². The maximum Gasteiger partial charge on any atom is 0.145 e. The summed E-state index contributed by atoms with van der Waals surface area (Å²) in [5.74, 6) is -0.675. The monoisotopic (exact) mass is 357 g/mol. The minimum Gasteiger partial charge on any atom is -0.393 e. The van der Waals surface area contributed by atoms with Crippen LogP contribution in [0.3, 0.4) is 0 Å². The van der Waals surface area contributed by atoms with Crippen molar-refractivity contribution in [3.63, 3.8) is 0 Å². The lowest BCUT2D eigenvalue weighted by atomic mass is 10.1. The van der Waals surface area contributed by atoms with Gasteiger partial charge in [0.2, 0.25) is 0 Å². The van der Waals surface area contributed by atoms with E-state index in [2.05, 4.69) is 22.2 Å². The highest BCUT2D eigenvalue weighted by molar-refractivity contribution is 5.87. The van der Waals surface area contributed by atoms with Gasteiger partial charge in [-0.3, -0.25) is 0 Å². The number of rotatable bonds is 4. The molecule has 0 unspecified atom stereocenters. The zero-order valence-electron chi connectivity index (χ0n) is 14.1. The summed E-state index contributed by atoms with van der Waals surface area (Å²) < 4.78 is 29.6. The number of nitrogens with zero attached hydrogens (tertiary/aromatic N) is 3. The number of fused-ring (bicyclic) bond motifs is 1. The van der Waals surface area contributed by atoms with Crippen LogP contribution in [0, 0.1) is 24.5 Å². The van der Waals surface area contributed by atoms with Crippen molar-refractivity contribution in [2.45, 2.75) is 31.5 Å². The van der Waals surface area contributed by atoms with Gasteiger partial charge in [-0.05, 0) is 43.9 Å². The lowest BCUT2D eigenvalue weighted by molar-refractivity contribution is 0.149. The second-order valence-electron chi connectivity index (χ2n) is 6.69. The molecule has 26 heavy (non-hydrogen) atoms. The SMILES string of the molecule is [CH2][C@H]1C[C@@H](n2ccc3c(NCc4c(F)cccc4F)ncnc32)C[C@@H]1O. The Morgan fingerprint density at radius 1 is 1.19 bits per heavy atom. The van der Waals surface area contributed by atoms with Crippen molar-refractivity contribution in [3.05, 3.63) is 60.9 Å². The van der Waals surface area contributed by atoms with Gasteiger partial charge >= 0.3 is 0 Å². The number of aliphatic hydroxyl groups excluding tert-OH is 1. The molecule has 0 bridgehead atoms. The highest BCUT2D eigenvalue weighted by Crippen LogP contribution is 2.36. The molecule has 0 amide bonds. The first kappa shape index (κ1) is 16.9. The van der Waals surface area contributed by atoms with Crippen molar-refractivity contribution in [1.82, 2.24) is 14.5 Å². The maximum absolute atomic E-state index is 13.8. The number of hydrogen-bond acceptors (Lipinski definition) is 4. The molecule has 1 radical (unpaired) electrons. The Kier molecular flexibility index (Phi) is 4.32. The van der Waals surface area contributed by atoms with Gasteiger partial charge in [0, 0.05) is 24.3 Å². The van der Waals surface area contributed by atoms with E-state index in [-0.39, 0.29) is 24.1 Å². The molecular weight excluding hydrogens is 338 g/mol. The second kappa shape index (κ2) is 6.64. The van der Waals surface area contributed by atoms with Crippen LogP contribution in [0.2, 0.25) is 0 Å². The van der Waals surface area contributed by atoms with Gasteiger partial charge in [-0.1, -0.05) is 6.07 Å². The van der Waals surface area contributed by atoms with E-state index in [1.807, 2.05) is 16.8 Å². The molecule has 1 aliphatic rings. The van der Waals surface area contributed by atoms with Crippen LogP contribution < -0.4 is 5.32 Å². The van der Waals surface area contributed by atoms with Crippen LogP contribution in [-0.4, -0.2) is 25.7 Å². The van der Waals surface area contributed by atoms with Crippen LogP contribution in [0.25, 0.3) is 11.0 Å². The molecule has 3 aromatic rings. The number of aromatic nitrogens is 3. The van der Waals surface area contributed by atoms with E-state index in [4.69, 9.17) is 0 Å². The molecule has 2 heterocycles. The number of anilines is 1. The van der Waals surface area contributed by atoms with Crippen molar-refractivity contribution in [2.24, 2.45) is 5.92 Å². The third-order valence-electron chi connectivity index (χ3n) is 5.03. The van der Waals surface area contributed by atoms with Crippen LogP contribution in [0.4, 0.5) is 14.6 Å². The summed E-state index contributed by atoms with van der Waals surface area (Å²) in [5, 5.41) is 13.7. The van der Waals surface area contributed by atoms with E-state index in [0.717, 1.165) is 17.5 Å². The Labute approximate surface area is 149 Å². The molecule has 7 heteroatoms. The van der Waals surface area contributed by atoms with E-state index < -0.39 is 17.7 Å². The smallest absolute Gasteiger partial charge is 0.145 e. The number of halogens is 2. The average molecular weight is 357 g/mol. The number of aliphatic hydroxyl groups is 1. The van der Waals surface area contributed by atoms with E-state index >= 15 is 0 Å². The molecule has 0 aliphatic heterocycles. The average Bonchev–Trinajstić information content (AvgIpc) is 3.18. The molecule has 1 saturated carbocycles. The third kappa shape index (κ3) is 2.92. The predicted molar refractivity (Wildman–Crippen MR) is 94.3 cm³/mol. The minimum atomic E-state index is -0.596. The molecule has 2 N–H and O–H groups in total.